The molecule has 1 rings (SSSR count). The summed E-state index contributed by atoms with van der Waals surface area (Å²) in [6.07, 6.45) is 1.25. The summed E-state index contributed by atoms with van der Waals surface area (Å²) in [6, 6.07) is 8.02. The highest BCUT2D eigenvalue weighted by Crippen LogP contribution is 2.18. The van der Waals surface area contributed by atoms with Gasteiger partial charge in [-0.3, -0.25) is 4.79 Å². The molecule has 0 aromatic heterocycles. The Hall–Kier alpha value is -2.28. The molecule has 0 saturated heterocycles. The van der Waals surface area contributed by atoms with Crippen LogP contribution < -0.4 is 5.73 Å². The molecule has 0 heterocycles. The van der Waals surface area contributed by atoms with Crippen LogP contribution in [0.4, 0.5) is 0 Å². The maximum atomic E-state index is 10.7. The second-order valence-electron chi connectivity index (χ2n) is 2.59. The van der Waals surface area contributed by atoms with Crippen LogP contribution in [-0.4, -0.2) is 11.0 Å². The van der Waals surface area contributed by atoms with Crippen LogP contribution in [-0.2, 0) is 4.79 Å². The lowest BCUT2D eigenvalue weighted by Crippen LogP contribution is -2.12. The van der Waals surface area contributed by atoms with E-state index >= 15 is 0 Å². The van der Waals surface area contributed by atoms with E-state index in [-0.39, 0.29) is 11.3 Å². The number of hydrogen-bond acceptors (Lipinski definition) is 3. The molecule has 0 spiro atoms. The van der Waals surface area contributed by atoms with Gasteiger partial charge in [0.25, 0.3) is 5.91 Å². The Bertz CT molecular complexity index is 430. The number of nitrogens with zero attached hydrogens (tertiary/aromatic N) is 1. The van der Waals surface area contributed by atoms with Crippen LogP contribution in [0.15, 0.2) is 29.8 Å². The molecule has 14 heavy (non-hydrogen) atoms. The van der Waals surface area contributed by atoms with Gasteiger partial charge >= 0.3 is 0 Å². The molecule has 0 bridgehead atoms. The predicted molar refractivity (Wildman–Crippen MR) is 50.9 cm³/mol. The maximum Gasteiger partial charge on any atom is 0.259 e. The van der Waals surface area contributed by atoms with E-state index in [9.17, 15) is 9.90 Å². The van der Waals surface area contributed by atoms with Crippen LogP contribution in [0.25, 0.3) is 6.08 Å². The highest BCUT2D eigenvalue weighted by atomic mass is 16.3. The van der Waals surface area contributed by atoms with Gasteiger partial charge in [-0.2, -0.15) is 5.26 Å². The molecule has 4 heteroatoms. The van der Waals surface area contributed by atoms with Crippen molar-refractivity contribution in [2.75, 3.05) is 0 Å². The Morgan fingerprint density at radius 3 is 2.64 bits per heavy atom. The number of nitriles is 1. The first-order valence-electron chi connectivity index (χ1n) is 3.84. The molecule has 1 aromatic rings. The van der Waals surface area contributed by atoms with E-state index in [1.807, 2.05) is 0 Å². The van der Waals surface area contributed by atoms with Gasteiger partial charge in [0.1, 0.15) is 17.4 Å². The maximum absolute atomic E-state index is 10.7. The van der Waals surface area contributed by atoms with Gasteiger partial charge in [0.05, 0.1) is 0 Å². The number of phenolic OH excluding ortho intramolecular Hbond substituents is 1. The van der Waals surface area contributed by atoms with E-state index in [1.54, 1.807) is 24.3 Å². The van der Waals surface area contributed by atoms with E-state index < -0.39 is 5.91 Å². The van der Waals surface area contributed by atoms with Gasteiger partial charge in [-0.05, 0) is 12.1 Å². The van der Waals surface area contributed by atoms with Gasteiger partial charge in [0.2, 0.25) is 0 Å². The van der Waals surface area contributed by atoms with E-state index in [2.05, 4.69) is 0 Å². The van der Waals surface area contributed by atoms with Crippen molar-refractivity contribution in [3.8, 4) is 11.8 Å². The monoisotopic (exact) mass is 188 g/mol. The largest absolute Gasteiger partial charge is 0.507 e. The summed E-state index contributed by atoms with van der Waals surface area (Å²) in [5, 5.41) is 17.9. The Balaban J connectivity index is 3.15. The van der Waals surface area contributed by atoms with Crippen molar-refractivity contribution in [1.29, 1.82) is 5.26 Å². The van der Waals surface area contributed by atoms with E-state index in [4.69, 9.17) is 11.0 Å². The van der Waals surface area contributed by atoms with Crippen molar-refractivity contribution in [2.45, 2.75) is 0 Å². The zero-order valence-electron chi connectivity index (χ0n) is 7.27. The van der Waals surface area contributed by atoms with Crippen molar-refractivity contribution in [3.05, 3.63) is 35.4 Å². The fraction of sp³-hybridized carbons (Fsp3) is 0. The fourth-order valence-electron chi connectivity index (χ4n) is 0.924. The number of benzene rings is 1. The molecule has 1 amide bonds. The molecule has 0 fully saturated rings. The molecule has 0 aliphatic rings. The van der Waals surface area contributed by atoms with Crippen molar-refractivity contribution in [2.24, 2.45) is 5.73 Å². The Morgan fingerprint density at radius 2 is 2.14 bits per heavy atom. The summed E-state index contributed by atoms with van der Waals surface area (Å²) < 4.78 is 0. The molecular formula is C10H8N2O2. The fourth-order valence-corrected chi connectivity index (χ4v) is 0.924. The number of para-hydroxylation sites is 1. The third kappa shape index (κ3) is 2.11. The molecular weight excluding hydrogens is 180 g/mol. The number of carbonyl (C=O) groups excluding carboxylic acids is 1. The summed E-state index contributed by atoms with van der Waals surface area (Å²) >= 11 is 0. The van der Waals surface area contributed by atoms with Crippen LogP contribution in [0, 0.1) is 11.3 Å². The van der Waals surface area contributed by atoms with Crippen LogP contribution in [0.3, 0.4) is 0 Å². The number of hydrogen-bond donors (Lipinski definition) is 2. The van der Waals surface area contributed by atoms with E-state index in [0.717, 1.165) is 0 Å². The Labute approximate surface area is 80.9 Å². The predicted octanol–water partition coefficient (Wildman–Crippen LogP) is 0.784. The van der Waals surface area contributed by atoms with Gasteiger partial charge in [-0.1, -0.05) is 18.2 Å². The number of nitrogens with two attached hydrogens (primary N) is 1. The molecule has 4 nitrogen and oxygen atoms in total. The first kappa shape index (κ1) is 9.81. The summed E-state index contributed by atoms with van der Waals surface area (Å²) in [5.74, 6) is -0.808. The molecule has 0 saturated carbocycles. The highest BCUT2D eigenvalue weighted by molar-refractivity contribution is 6.00. The first-order valence-corrected chi connectivity index (χ1v) is 3.84. The van der Waals surface area contributed by atoms with Crippen LogP contribution in [0.5, 0.6) is 5.75 Å². The molecule has 0 unspecified atom stereocenters. The van der Waals surface area contributed by atoms with Crippen LogP contribution in [0.1, 0.15) is 5.56 Å². The second-order valence-corrected chi connectivity index (χ2v) is 2.59. The van der Waals surface area contributed by atoms with Crippen molar-refractivity contribution >= 4 is 12.0 Å². The SMILES string of the molecule is N#C/C(=C\c1ccccc1O)C(N)=O. The van der Waals surface area contributed by atoms with Crippen molar-refractivity contribution in [1.82, 2.24) is 0 Å². The molecule has 0 aliphatic heterocycles. The molecule has 0 aliphatic carbocycles. The third-order valence-electron chi connectivity index (χ3n) is 1.62. The van der Waals surface area contributed by atoms with Crippen LogP contribution in [0.2, 0.25) is 0 Å². The summed E-state index contributed by atoms with van der Waals surface area (Å²) in [7, 11) is 0. The van der Waals surface area contributed by atoms with Crippen molar-refractivity contribution < 1.29 is 9.90 Å². The number of primary amides is 1. The van der Waals surface area contributed by atoms with Gasteiger partial charge in [-0.25, -0.2) is 0 Å². The molecule has 0 radical (unpaired) electrons. The zero-order chi connectivity index (χ0) is 10.6. The van der Waals surface area contributed by atoms with Crippen LogP contribution >= 0.6 is 0 Å². The van der Waals surface area contributed by atoms with Gasteiger partial charge < -0.3 is 10.8 Å². The standard InChI is InChI=1S/C10H8N2O2/c11-6-8(10(12)14)5-7-3-1-2-4-9(7)13/h1-5,13H,(H2,12,14)/b8-5+. The lowest BCUT2D eigenvalue weighted by atomic mass is 10.1. The zero-order valence-corrected chi connectivity index (χ0v) is 7.27. The average Bonchev–Trinajstić information content (AvgIpc) is 2.16. The lowest BCUT2D eigenvalue weighted by Gasteiger charge is -1.97. The minimum absolute atomic E-state index is 0.00139. The molecule has 0 atom stereocenters. The Morgan fingerprint density at radius 1 is 1.50 bits per heavy atom. The first-order chi connectivity index (χ1) is 6.65. The molecule has 1 aromatic carbocycles. The quantitative estimate of drug-likeness (QED) is 0.531. The minimum Gasteiger partial charge on any atom is -0.507 e. The third-order valence-corrected chi connectivity index (χ3v) is 1.62. The summed E-state index contributed by atoms with van der Waals surface area (Å²) in [5.41, 5.74) is 5.14. The molecule has 70 valence electrons. The van der Waals surface area contributed by atoms with E-state index in [1.165, 1.54) is 12.1 Å². The highest BCUT2D eigenvalue weighted by Gasteiger charge is 2.04. The summed E-state index contributed by atoms with van der Waals surface area (Å²) in [6.45, 7) is 0. The Kier molecular flexibility index (Phi) is 2.87. The number of aromatic hydroxyl groups is 1. The normalized spacial score (nSPS) is 10.6. The van der Waals surface area contributed by atoms with Gasteiger partial charge in [-0.15, -0.1) is 0 Å². The number of carbonyl (C=O) groups is 1. The lowest BCUT2D eigenvalue weighted by molar-refractivity contribution is -0.114. The summed E-state index contributed by atoms with van der Waals surface area (Å²) in [4.78, 5) is 10.7. The van der Waals surface area contributed by atoms with Crippen molar-refractivity contribution in [3.63, 3.8) is 0 Å². The smallest absolute Gasteiger partial charge is 0.259 e. The minimum atomic E-state index is -0.809. The number of rotatable bonds is 2. The topological polar surface area (TPSA) is 87.1 Å². The number of amides is 1. The van der Waals surface area contributed by atoms with Gasteiger partial charge in [0, 0.05) is 5.56 Å². The van der Waals surface area contributed by atoms with E-state index in [0.29, 0.717) is 5.56 Å². The second kappa shape index (κ2) is 4.10. The number of phenols is 1. The average molecular weight is 188 g/mol. The van der Waals surface area contributed by atoms with Gasteiger partial charge in [0.15, 0.2) is 0 Å². The molecule has 3 N–H and O–H groups in total.